The van der Waals surface area contributed by atoms with Gasteiger partial charge in [-0.2, -0.15) is 0 Å². The molecule has 16 heavy (non-hydrogen) atoms. The van der Waals surface area contributed by atoms with E-state index < -0.39 is 5.79 Å². The molecule has 2 aromatic rings. The molecule has 0 fully saturated rings. The van der Waals surface area contributed by atoms with Gasteiger partial charge in [0.2, 0.25) is 5.79 Å². The van der Waals surface area contributed by atoms with Crippen LogP contribution in [0.25, 0.3) is 0 Å². The van der Waals surface area contributed by atoms with Gasteiger partial charge in [0.1, 0.15) is 0 Å². The van der Waals surface area contributed by atoms with Crippen molar-refractivity contribution in [3.63, 3.8) is 0 Å². The van der Waals surface area contributed by atoms with E-state index in [-0.39, 0.29) is 52.8 Å². The normalized spacial score (nSPS) is 10.6. The Morgan fingerprint density at radius 1 is 0.688 bits per heavy atom. The number of aliphatic hydroxyl groups is 2. The van der Waals surface area contributed by atoms with Crippen LogP contribution in [0.4, 0.5) is 0 Å². The number of hydrogen-bond acceptors (Lipinski definition) is 2. The fourth-order valence-corrected chi connectivity index (χ4v) is 1.51. The van der Waals surface area contributed by atoms with E-state index in [9.17, 15) is 10.2 Å². The van der Waals surface area contributed by atoms with Crippen LogP contribution in [0.2, 0.25) is 0 Å². The summed E-state index contributed by atoms with van der Waals surface area (Å²) in [6, 6.07) is 17.5. The van der Waals surface area contributed by atoms with Gasteiger partial charge >= 0.3 is 51.4 Å². The third-order valence-corrected chi connectivity index (χ3v) is 2.35. The third-order valence-electron chi connectivity index (χ3n) is 2.35. The van der Waals surface area contributed by atoms with E-state index in [2.05, 4.69) is 0 Å². The van der Waals surface area contributed by atoms with Crippen molar-refractivity contribution in [3.05, 3.63) is 71.8 Å². The van der Waals surface area contributed by atoms with Crippen LogP contribution in [0, 0.1) is 0 Å². The minimum atomic E-state index is -1.91. The molecule has 78 valence electrons. The fraction of sp³-hybridized carbons (Fsp3) is 0.0769. The summed E-state index contributed by atoms with van der Waals surface area (Å²) in [5.41, 5.74) is 0.937. The van der Waals surface area contributed by atoms with Crippen LogP contribution in [-0.2, 0) is 5.79 Å². The molecule has 2 aromatic carbocycles. The molecular weight excluding hydrogens is 227 g/mol. The van der Waals surface area contributed by atoms with Gasteiger partial charge < -0.3 is 11.6 Å². The molecule has 3 heteroatoms. The Balaban J connectivity index is 0.00000128. The predicted octanol–water partition coefficient (Wildman–Crippen LogP) is -1.01. The second-order valence-electron chi connectivity index (χ2n) is 3.40. The van der Waals surface area contributed by atoms with Crippen molar-refractivity contribution in [1.82, 2.24) is 0 Å². The van der Waals surface area contributed by atoms with Crippen LogP contribution in [0.1, 0.15) is 12.6 Å². The van der Waals surface area contributed by atoms with E-state index in [1.165, 1.54) is 0 Å². The van der Waals surface area contributed by atoms with Crippen molar-refractivity contribution in [1.29, 1.82) is 0 Å². The van der Waals surface area contributed by atoms with Gasteiger partial charge in [0.15, 0.2) is 0 Å². The smallest absolute Gasteiger partial charge is 1.00 e. The maximum absolute atomic E-state index is 10.0. The number of rotatable bonds is 2. The second-order valence-corrected chi connectivity index (χ2v) is 3.40. The summed E-state index contributed by atoms with van der Waals surface area (Å²) < 4.78 is 0. The van der Waals surface area contributed by atoms with Gasteiger partial charge in [-0.3, -0.25) is 0 Å². The molecule has 0 aromatic heterocycles. The van der Waals surface area contributed by atoms with Crippen molar-refractivity contribution in [2.24, 2.45) is 0 Å². The average molecular weight is 240 g/mol. The number of benzene rings is 2. The van der Waals surface area contributed by atoms with Crippen LogP contribution in [0.5, 0.6) is 0 Å². The van der Waals surface area contributed by atoms with Crippen LogP contribution in [0.15, 0.2) is 60.7 Å². The molecule has 2 rings (SSSR count). The van der Waals surface area contributed by atoms with Crippen LogP contribution >= 0.6 is 0 Å². The Morgan fingerprint density at radius 3 is 1.31 bits per heavy atom. The van der Waals surface area contributed by atoms with Gasteiger partial charge in [-0.15, -0.1) is 0 Å². The SMILES string of the molecule is OC(O)(c1ccccc1)c1ccccc1.[H-].[K+]. The van der Waals surface area contributed by atoms with Crippen LogP contribution in [-0.4, -0.2) is 10.2 Å². The summed E-state index contributed by atoms with van der Waals surface area (Å²) >= 11 is 0. The molecule has 0 aliphatic heterocycles. The first-order valence-electron chi connectivity index (χ1n) is 4.77. The van der Waals surface area contributed by atoms with E-state index >= 15 is 0 Å². The van der Waals surface area contributed by atoms with Gasteiger partial charge in [-0.1, -0.05) is 60.7 Å². The summed E-state index contributed by atoms with van der Waals surface area (Å²) in [5, 5.41) is 20.0. The monoisotopic (exact) mass is 240 g/mol. The standard InChI is InChI=1S/C13H12O2.K.H/c14-13(15,11-7-3-1-4-8-11)12-9-5-2-6-10-12;;/h1-10,14-15H;;/q;+1;-1. The molecule has 0 aliphatic carbocycles. The molecule has 0 saturated carbocycles. The molecule has 2 nitrogen and oxygen atoms in total. The molecule has 0 radical (unpaired) electrons. The zero-order chi connectivity index (χ0) is 10.7. The first-order valence-corrected chi connectivity index (χ1v) is 4.77. The molecule has 0 bridgehead atoms. The van der Waals surface area contributed by atoms with E-state index in [4.69, 9.17) is 0 Å². The van der Waals surface area contributed by atoms with E-state index in [1.807, 2.05) is 12.1 Å². The molecular formula is C13H13KO2. The fourth-order valence-electron chi connectivity index (χ4n) is 1.51. The predicted molar refractivity (Wildman–Crippen MR) is 59.2 cm³/mol. The Hall–Kier alpha value is -0.00364. The quantitative estimate of drug-likeness (QED) is 0.521. The topological polar surface area (TPSA) is 40.5 Å². The van der Waals surface area contributed by atoms with Crippen LogP contribution in [0.3, 0.4) is 0 Å². The Labute approximate surface area is 139 Å². The van der Waals surface area contributed by atoms with Crippen molar-refractivity contribution in [3.8, 4) is 0 Å². The second kappa shape index (κ2) is 6.07. The van der Waals surface area contributed by atoms with Gasteiger partial charge in [-0.05, 0) is 0 Å². The van der Waals surface area contributed by atoms with Crippen molar-refractivity contribution in [2.75, 3.05) is 0 Å². The maximum atomic E-state index is 10.0. The molecule has 0 spiro atoms. The summed E-state index contributed by atoms with van der Waals surface area (Å²) in [6.45, 7) is 0. The van der Waals surface area contributed by atoms with Gasteiger partial charge in [0.05, 0.1) is 0 Å². The first-order chi connectivity index (χ1) is 7.21. The minimum Gasteiger partial charge on any atom is -1.00 e. The summed E-state index contributed by atoms with van der Waals surface area (Å²) in [7, 11) is 0. The molecule has 0 amide bonds. The molecule has 0 saturated heterocycles. The summed E-state index contributed by atoms with van der Waals surface area (Å²) in [4.78, 5) is 0. The first kappa shape index (κ1) is 14.1. The Bertz CT molecular complexity index is 390. The molecule has 0 unspecified atom stereocenters. The van der Waals surface area contributed by atoms with Crippen molar-refractivity contribution >= 4 is 0 Å². The Kier molecular flexibility index (Phi) is 5.34. The largest absolute Gasteiger partial charge is 1.00 e. The van der Waals surface area contributed by atoms with Crippen molar-refractivity contribution < 1.29 is 63.0 Å². The molecule has 0 aliphatic rings. The van der Waals surface area contributed by atoms with Gasteiger partial charge in [-0.25, -0.2) is 0 Å². The van der Waals surface area contributed by atoms with E-state index in [0.717, 1.165) is 0 Å². The van der Waals surface area contributed by atoms with Gasteiger partial charge in [0.25, 0.3) is 0 Å². The Morgan fingerprint density at radius 2 is 1.00 bits per heavy atom. The summed E-state index contributed by atoms with van der Waals surface area (Å²) in [6.07, 6.45) is 0. The zero-order valence-corrected chi connectivity index (χ0v) is 12.3. The molecule has 0 atom stereocenters. The maximum Gasteiger partial charge on any atom is 1.00 e. The van der Waals surface area contributed by atoms with E-state index in [0.29, 0.717) is 11.1 Å². The minimum absolute atomic E-state index is 0. The molecule has 0 heterocycles. The van der Waals surface area contributed by atoms with E-state index in [1.54, 1.807) is 48.5 Å². The summed E-state index contributed by atoms with van der Waals surface area (Å²) in [5.74, 6) is -1.91. The average Bonchev–Trinajstić information content (AvgIpc) is 2.31. The van der Waals surface area contributed by atoms with Gasteiger partial charge in [0, 0.05) is 11.1 Å². The molecule has 2 N–H and O–H groups in total. The van der Waals surface area contributed by atoms with Crippen LogP contribution < -0.4 is 51.4 Å². The third kappa shape index (κ3) is 3.02. The zero-order valence-electron chi connectivity index (χ0n) is 10.2. The number of hydrogen-bond donors (Lipinski definition) is 2. The van der Waals surface area contributed by atoms with Crippen molar-refractivity contribution in [2.45, 2.75) is 5.79 Å².